The number of carbonyl (C=O) groups excluding carboxylic acids is 3. The summed E-state index contributed by atoms with van der Waals surface area (Å²) in [4.78, 5) is 41.1. The fourth-order valence-corrected chi connectivity index (χ4v) is 3.27. The predicted octanol–water partition coefficient (Wildman–Crippen LogP) is 3.67. The largest absolute Gasteiger partial charge is 0.497 e. The highest BCUT2D eigenvalue weighted by molar-refractivity contribution is 6.43. The summed E-state index contributed by atoms with van der Waals surface area (Å²) in [6.45, 7) is 3.76. The Hall–Kier alpha value is -3.87. The van der Waals surface area contributed by atoms with Crippen LogP contribution in [-0.2, 0) is 16.1 Å². The minimum Gasteiger partial charge on any atom is -0.497 e. The molecule has 31 heavy (non-hydrogen) atoms. The van der Waals surface area contributed by atoms with E-state index in [0.717, 1.165) is 5.56 Å². The van der Waals surface area contributed by atoms with Gasteiger partial charge in [0.05, 0.1) is 19.3 Å². The molecule has 2 aromatic carbocycles. The Labute approximate surface area is 180 Å². The van der Waals surface area contributed by atoms with E-state index in [9.17, 15) is 14.4 Å². The molecule has 0 fully saturated rings. The number of benzene rings is 2. The zero-order valence-corrected chi connectivity index (χ0v) is 17.7. The fourth-order valence-electron chi connectivity index (χ4n) is 3.27. The van der Waals surface area contributed by atoms with E-state index >= 15 is 0 Å². The van der Waals surface area contributed by atoms with Gasteiger partial charge in [0.1, 0.15) is 11.4 Å². The third-order valence-corrected chi connectivity index (χ3v) is 4.77. The Morgan fingerprint density at radius 1 is 1.00 bits per heavy atom. The Balaban J connectivity index is 1.89. The van der Waals surface area contributed by atoms with Crippen LogP contribution in [-0.4, -0.2) is 36.4 Å². The van der Waals surface area contributed by atoms with E-state index in [1.54, 1.807) is 69.5 Å². The Bertz CT molecular complexity index is 1090. The van der Waals surface area contributed by atoms with E-state index in [-0.39, 0.29) is 24.4 Å². The van der Waals surface area contributed by atoms with Gasteiger partial charge in [0, 0.05) is 17.8 Å². The molecule has 7 heteroatoms. The maximum Gasteiger partial charge on any atom is 0.340 e. The van der Waals surface area contributed by atoms with Crippen LogP contribution in [0.15, 0.2) is 54.6 Å². The molecule has 0 saturated carbocycles. The number of nitrogens with one attached hydrogen (secondary N) is 2. The van der Waals surface area contributed by atoms with Crippen LogP contribution in [0, 0.1) is 6.92 Å². The molecule has 1 heterocycles. The third-order valence-electron chi connectivity index (χ3n) is 4.77. The summed E-state index contributed by atoms with van der Waals surface area (Å²) in [6.07, 6.45) is 0. The lowest BCUT2D eigenvalue weighted by Gasteiger charge is -2.09. The van der Waals surface area contributed by atoms with Crippen molar-refractivity contribution in [2.75, 3.05) is 13.7 Å². The summed E-state index contributed by atoms with van der Waals surface area (Å²) < 4.78 is 10.3. The number of ether oxygens (including phenoxy) is 2. The van der Waals surface area contributed by atoms with Crippen molar-refractivity contribution in [3.63, 3.8) is 0 Å². The molecule has 0 unspecified atom stereocenters. The minimum absolute atomic E-state index is 0.0546. The van der Waals surface area contributed by atoms with Gasteiger partial charge in [-0.25, -0.2) is 4.79 Å². The lowest BCUT2D eigenvalue weighted by Crippen LogP contribution is -2.31. The second-order valence-corrected chi connectivity index (χ2v) is 6.82. The quantitative estimate of drug-likeness (QED) is 0.329. The van der Waals surface area contributed by atoms with E-state index < -0.39 is 17.7 Å². The standard InChI is InChI=1S/C24H24N2O5/c1-4-31-24(29)19-15(2)26-21(20(19)17-8-6-5-7-9-17)22(27)23(28)25-14-16-10-12-18(30-3)13-11-16/h5-13,26H,4,14H2,1-3H3,(H,25,28). The molecule has 7 nitrogen and oxygen atoms in total. The second-order valence-electron chi connectivity index (χ2n) is 6.82. The second kappa shape index (κ2) is 9.75. The van der Waals surface area contributed by atoms with Gasteiger partial charge in [0.25, 0.3) is 11.7 Å². The Morgan fingerprint density at radius 2 is 1.68 bits per heavy atom. The van der Waals surface area contributed by atoms with E-state index in [1.165, 1.54) is 0 Å². The molecule has 0 bridgehead atoms. The van der Waals surface area contributed by atoms with Crippen molar-refractivity contribution in [1.29, 1.82) is 0 Å². The molecular weight excluding hydrogens is 396 g/mol. The number of rotatable bonds is 8. The van der Waals surface area contributed by atoms with E-state index in [2.05, 4.69) is 10.3 Å². The first-order valence-electron chi connectivity index (χ1n) is 9.86. The SMILES string of the molecule is CCOC(=O)c1c(C)[nH]c(C(=O)C(=O)NCc2ccc(OC)cc2)c1-c1ccccc1. The Kier molecular flexibility index (Phi) is 6.87. The molecule has 0 atom stereocenters. The van der Waals surface area contributed by atoms with Crippen molar-refractivity contribution in [2.24, 2.45) is 0 Å². The maximum atomic E-state index is 13.0. The van der Waals surface area contributed by atoms with Crippen molar-refractivity contribution < 1.29 is 23.9 Å². The molecule has 0 aliphatic rings. The number of hydrogen-bond acceptors (Lipinski definition) is 5. The van der Waals surface area contributed by atoms with Gasteiger partial charge < -0.3 is 19.8 Å². The van der Waals surface area contributed by atoms with Gasteiger partial charge in [-0.3, -0.25) is 9.59 Å². The van der Waals surface area contributed by atoms with Crippen LogP contribution in [0.4, 0.5) is 0 Å². The number of carbonyl (C=O) groups is 3. The molecule has 0 radical (unpaired) electrons. The van der Waals surface area contributed by atoms with Crippen molar-refractivity contribution in [3.05, 3.63) is 77.1 Å². The van der Waals surface area contributed by atoms with Crippen LogP contribution in [0.2, 0.25) is 0 Å². The predicted molar refractivity (Wildman–Crippen MR) is 116 cm³/mol. The molecule has 3 rings (SSSR count). The van der Waals surface area contributed by atoms with Crippen LogP contribution < -0.4 is 10.1 Å². The molecule has 0 aliphatic heterocycles. The summed E-state index contributed by atoms with van der Waals surface area (Å²) in [5, 5.41) is 2.63. The van der Waals surface area contributed by atoms with Crippen molar-refractivity contribution in [1.82, 2.24) is 10.3 Å². The number of aromatic nitrogens is 1. The van der Waals surface area contributed by atoms with Crippen LogP contribution in [0.25, 0.3) is 11.1 Å². The fraction of sp³-hybridized carbons (Fsp3) is 0.208. The van der Waals surface area contributed by atoms with Gasteiger partial charge in [-0.1, -0.05) is 42.5 Å². The van der Waals surface area contributed by atoms with Crippen LogP contribution in [0.3, 0.4) is 0 Å². The number of esters is 1. The average Bonchev–Trinajstić information content (AvgIpc) is 3.15. The molecule has 0 saturated heterocycles. The lowest BCUT2D eigenvalue weighted by atomic mass is 9.98. The number of amides is 1. The first kappa shape index (κ1) is 21.8. The highest BCUT2D eigenvalue weighted by Crippen LogP contribution is 2.31. The van der Waals surface area contributed by atoms with Gasteiger partial charge in [0.2, 0.25) is 0 Å². The number of Topliss-reactive ketones (excluding diaryl/α,β-unsaturated/α-hetero) is 1. The van der Waals surface area contributed by atoms with Crippen molar-refractivity contribution >= 4 is 17.7 Å². The molecule has 1 aromatic heterocycles. The average molecular weight is 420 g/mol. The van der Waals surface area contributed by atoms with Crippen molar-refractivity contribution in [3.8, 4) is 16.9 Å². The molecule has 0 aliphatic carbocycles. The lowest BCUT2D eigenvalue weighted by molar-refractivity contribution is -0.117. The van der Waals surface area contributed by atoms with E-state index in [1.807, 2.05) is 6.07 Å². The summed E-state index contributed by atoms with van der Waals surface area (Å²) in [7, 11) is 1.57. The first-order valence-corrected chi connectivity index (χ1v) is 9.86. The number of ketones is 1. The minimum atomic E-state index is -0.773. The van der Waals surface area contributed by atoms with E-state index in [0.29, 0.717) is 22.6 Å². The van der Waals surface area contributed by atoms with Crippen LogP contribution in [0.1, 0.15) is 39.0 Å². The van der Waals surface area contributed by atoms with Gasteiger partial charge in [0.15, 0.2) is 0 Å². The topological polar surface area (TPSA) is 97.5 Å². The number of H-pyrrole nitrogens is 1. The summed E-state index contributed by atoms with van der Waals surface area (Å²) >= 11 is 0. The highest BCUT2D eigenvalue weighted by atomic mass is 16.5. The monoisotopic (exact) mass is 420 g/mol. The van der Waals surface area contributed by atoms with Crippen molar-refractivity contribution in [2.45, 2.75) is 20.4 Å². The zero-order chi connectivity index (χ0) is 22.4. The first-order chi connectivity index (χ1) is 15.0. The molecular formula is C24H24N2O5. The number of aromatic amines is 1. The molecule has 1 amide bonds. The highest BCUT2D eigenvalue weighted by Gasteiger charge is 2.29. The molecule has 2 N–H and O–H groups in total. The molecule has 3 aromatic rings. The smallest absolute Gasteiger partial charge is 0.340 e. The third kappa shape index (κ3) is 4.83. The van der Waals surface area contributed by atoms with Crippen LogP contribution in [0.5, 0.6) is 5.75 Å². The molecule has 160 valence electrons. The number of aryl methyl sites for hydroxylation is 1. The van der Waals surface area contributed by atoms with Gasteiger partial charge >= 0.3 is 5.97 Å². The van der Waals surface area contributed by atoms with E-state index in [4.69, 9.17) is 9.47 Å². The number of hydrogen-bond donors (Lipinski definition) is 2. The summed E-state index contributed by atoms with van der Waals surface area (Å²) in [6, 6.07) is 16.1. The molecule has 0 spiro atoms. The van der Waals surface area contributed by atoms with Gasteiger partial charge in [-0.2, -0.15) is 0 Å². The zero-order valence-electron chi connectivity index (χ0n) is 17.7. The maximum absolute atomic E-state index is 13.0. The summed E-state index contributed by atoms with van der Waals surface area (Å²) in [5.41, 5.74) is 2.59. The Morgan fingerprint density at radius 3 is 2.29 bits per heavy atom. The normalized spacial score (nSPS) is 10.4. The number of methoxy groups -OCH3 is 1. The van der Waals surface area contributed by atoms with Gasteiger partial charge in [-0.05, 0) is 37.1 Å². The van der Waals surface area contributed by atoms with Gasteiger partial charge in [-0.15, -0.1) is 0 Å². The summed E-state index contributed by atoms with van der Waals surface area (Å²) in [5.74, 6) is -1.38. The van der Waals surface area contributed by atoms with Crippen LogP contribution >= 0.6 is 0 Å².